The maximum Gasteiger partial charge on any atom is 0.251 e. The number of anilines is 2. The smallest absolute Gasteiger partial charge is 0.251 e. The zero-order valence-electron chi connectivity index (χ0n) is 10.5. The quantitative estimate of drug-likeness (QED) is 0.523. The second kappa shape index (κ2) is 6.78. The van der Waals surface area contributed by atoms with Gasteiger partial charge in [-0.25, -0.2) is 0 Å². The van der Waals surface area contributed by atoms with Crippen LogP contribution in [-0.2, 0) is 0 Å². The van der Waals surface area contributed by atoms with Crippen LogP contribution in [-0.4, -0.2) is 19.0 Å². The normalized spacial score (nSPS) is 10.0. The van der Waals surface area contributed by atoms with Crippen LogP contribution in [0.15, 0.2) is 18.2 Å². The fraction of sp³-hybridized carbons (Fsp3) is 0.462. The van der Waals surface area contributed by atoms with Gasteiger partial charge in [-0.05, 0) is 31.5 Å². The van der Waals surface area contributed by atoms with E-state index in [1.807, 2.05) is 13.0 Å². The van der Waals surface area contributed by atoms with Gasteiger partial charge < -0.3 is 16.4 Å². The highest BCUT2D eigenvalue weighted by atomic mass is 16.1. The van der Waals surface area contributed by atoms with Crippen molar-refractivity contribution in [3.8, 4) is 0 Å². The second-order valence-electron chi connectivity index (χ2n) is 3.94. The number of nitrogens with one attached hydrogen (secondary N) is 2. The van der Waals surface area contributed by atoms with Gasteiger partial charge in [-0.3, -0.25) is 4.79 Å². The number of amides is 1. The highest BCUT2D eigenvalue weighted by Crippen LogP contribution is 2.19. The van der Waals surface area contributed by atoms with Crippen molar-refractivity contribution in [2.75, 3.05) is 24.1 Å². The number of hydrogen-bond acceptors (Lipinski definition) is 3. The average Bonchev–Trinajstić information content (AvgIpc) is 2.31. The molecule has 1 aromatic carbocycles. The van der Waals surface area contributed by atoms with Crippen molar-refractivity contribution in [3.63, 3.8) is 0 Å². The first-order valence-electron chi connectivity index (χ1n) is 6.10. The number of nitrogens with two attached hydrogens (primary N) is 1. The predicted molar refractivity (Wildman–Crippen MR) is 72.3 cm³/mol. The van der Waals surface area contributed by atoms with Crippen LogP contribution in [0.1, 0.15) is 37.0 Å². The third kappa shape index (κ3) is 3.98. The minimum absolute atomic E-state index is 0.0840. The molecule has 94 valence electrons. The summed E-state index contributed by atoms with van der Waals surface area (Å²) in [5.74, 6) is -0.0840. The van der Waals surface area contributed by atoms with Crippen LogP contribution in [0.25, 0.3) is 0 Å². The maximum atomic E-state index is 11.6. The molecule has 0 aliphatic rings. The summed E-state index contributed by atoms with van der Waals surface area (Å²) in [6.45, 7) is 5.56. The number of carbonyl (C=O) groups excluding carboxylic acids is 1. The minimum Gasteiger partial charge on any atom is -0.397 e. The summed E-state index contributed by atoms with van der Waals surface area (Å²) >= 11 is 0. The number of nitrogen functional groups attached to an aromatic ring is 1. The van der Waals surface area contributed by atoms with Crippen molar-refractivity contribution < 1.29 is 4.79 Å². The molecule has 0 atom stereocenters. The summed E-state index contributed by atoms with van der Waals surface area (Å²) in [5, 5.41) is 6.00. The fourth-order valence-corrected chi connectivity index (χ4v) is 1.53. The Bertz CT molecular complexity index is 377. The molecule has 0 heterocycles. The molecule has 0 radical (unpaired) electrons. The molecule has 4 N–H and O–H groups in total. The molecule has 0 aliphatic carbocycles. The molecular formula is C13H21N3O. The summed E-state index contributed by atoms with van der Waals surface area (Å²) in [6, 6.07) is 5.35. The lowest BCUT2D eigenvalue weighted by Gasteiger charge is -2.10. The topological polar surface area (TPSA) is 67.2 Å². The van der Waals surface area contributed by atoms with Crippen molar-refractivity contribution in [3.05, 3.63) is 23.8 Å². The van der Waals surface area contributed by atoms with Crippen molar-refractivity contribution >= 4 is 17.3 Å². The number of rotatable bonds is 6. The van der Waals surface area contributed by atoms with E-state index in [2.05, 4.69) is 17.6 Å². The summed E-state index contributed by atoms with van der Waals surface area (Å²) in [5.41, 5.74) is 8.01. The van der Waals surface area contributed by atoms with E-state index in [1.165, 1.54) is 0 Å². The predicted octanol–water partition coefficient (Wildman–Crippen LogP) is 2.23. The summed E-state index contributed by atoms with van der Waals surface area (Å²) in [6.07, 6.45) is 2.25. The second-order valence-corrected chi connectivity index (χ2v) is 3.94. The van der Waals surface area contributed by atoms with Gasteiger partial charge in [0.1, 0.15) is 0 Å². The minimum atomic E-state index is -0.0840. The Balaban J connectivity index is 2.68. The van der Waals surface area contributed by atoms with Crippen LogP contribution in [0.3, 0.4) is 0 Å². The van der Waals surface area contributed by atoms with Gasteiger partial charge >= 0.3 is 0 Å². The number of carbonyl (C=O) groups is 1. The van der Waals surface area contributed by atoms with Gasteiger partial charge in [0.25, 0.3) is 5.91 Å². The van der Waals surface area contributed by atoms with E-state index >= 15 is 0 Å². The highest BCUT2D eigenvalue weighted by Gasteiger charge is 2.06. The van der Waals surface area contributed by atoms with Crippen LogP contribution >= 0.6 is 0 Å². The van der Waals surface area contributed by atoms with Gasteiger partial charge in [-0.1, -0.05) is 13.3 Å². The van der Waals surface area contributed by atoms with Crippen molar-refractivity contribution in [1.82, 2.24) is 5.32 Å². The van der Waals surface area contributed by atoms with E-state index in [0.29, 0.717) is 17.8 Å². The molecule has 1 aromatic rings. The van der Waals surface area contributed by atoms with E-state index in [4.69, 9.17) is 5.73 Å². The van der Waals surface area contributed by atoms with Crippen LogP contribution in [0.2, 0.25) is 0 Å². The summed E-state index contributed by atoms with van der Waals surface area (Å²) in [4.78, 5) is 11.6. The standard InChI is InChI=1S/C13H21N3O/c1-3-5-8-16-12-7-6-10(9-11(12)14)13(17)15-4-2/h6-7,9,16H,3-5,8,14H2,1-2H3,(H,15,17). The maximum absolute atomic E-state index is 11.6. The molecule has 0 fully saturated rings. The fourth-order valence-electron chi connectivity index (χ4n) is 1.53. The lowest BCUT2D eigenvalue weighted by Crippen LogP contribution is -2.22. The van der Waals surface area contributed by atoms with Gasteiger partial charge in [-0.2, -0.15) is 0 Å². The van der Waals surface area contributed by atoms with E-state index in [0.717, 1.165) is 25.1 Å². The third-order valence-electron chi connectivity index (χ3n) is 2.50. The molecule has 1 rings (SSSR count). The SMILES string of the molecule is CCCCNc1ccc(C(=O)NCC)cc1N. The zero-order chi connectivity index (χ0) is 12.7. The highest BCUT2D eigenvalue weighted by molar-refractivity contribution is 5.96. The van der Waals surface area contributed by atoms with Crippen LogP contribution in [0.4, 0.5) is 11.4 Å². The summed E-state index contributed by atoms with van der Waals surface area (Å²) in [7, 11) is 0. The molecule has 0 aromatic heterocycles. The third-order valence-corrected chi connectivity index (χ3v) is 2.50. The first-order chi connectivity index (χ1) is 8.19. The van der Waals surface area contributed by atoms with Gasteiger partial charge in [0.15, 0.2) is 0 Å². The Labute approximate surface area is 103 Å². The van der Waals surface area contributed by atoms with Gasteiger partial charge in [0.2, 0.25) is 0 Å². The monoisotopic (exact) mass is 235 g/mol. The largest absolute Gasteiger partial charge is 0.397 e. The van der Waals surface area contributed by atoms with E-state index in [1.54, 1.807) is 12.1 Å². The van der Waals surface area contributed by atoms with Crippen molar-refractivity contribution in [2.24, 2.45) is 0 Å². The Morgan fingerprint density at radius 1 is 1.35 bits per heavy atom. The molecule has 4 heteroatoms. The molecule has 0 aliphatic heterocycles. The zero-order valence-corrected chi connectivity index (χ0v) is 10.5. The number of unbranched alkanes of at least 4 members (excludes halogenated alkanes) is 1. The Morgan fingerprint density at radius 2 is 2.12 bits per heavy atom. The summed E-state index contributed by atoms with van der Waals surface area (Å²) < 4.78 is 0. The molecule has 4 nitrogen and oxygen atoms in total. The van der Waals surface area contributed by atoms with Crippen molar-refractivity contribution in [2.45, 2.75) is 26.7 Å². The molecule has 17 heavy (non-hydrogen) atoms. The molecule has 0 saturated carbocycles. The first kappa shape index (κ1) is 13.4. The van der Waals surface area contributed by atoms with Gasteiger partial charge in [0.05, 0.1) is 11.4 Å². The molecular weight excluding hydrogens is 214 g/mol. The van der Waals surface area contributed by atoms with Gasteiger partial charge in [0, 0.05) is 18.7 Å². The van der Waals surface area contributed by atoms with Crippen LogP contribution in [0.5, 0.6) is 0 Å². The van der Waals surface area contributed by atoms with E-state index in [9.17, 15) is 4.79 Å². The Morgan fingerprint density at radius 3 is 2.71 bits per heavy atom. The van der Waals surface area contributed by atoms with E-state index in [-0.39, 0.29) is 5.91 Å². The molecule has 0 bridgehead atoms. The lowest BCUT2D eigenvalue weighted by atomic mass is 10.1. The molecule has 0 saturated heterocycles. The Hall–Kier alpha value is -1.71. The van der Waals surface area contributed by atoms with Gasteiger partial charge in [-0.15, -0.1) is 0 Å². The molecule has 0 spiro atoms. The number of benzene rings is 1. The van der Waals surface area contributed by atoms with Crippen LogP contribution < -0.4 is 16.4 Å². The number of hydrogen-bond donors (Lipinski definition) is 3. The first-order valence-corrected chi connectivity index (χ1v) is 6.10. The molecule has 1 amide bonds. The lowest BCUT2D eigenvalue weighted by molar-refractivity contribution is 0.0956. The van der Waals surface area contributed by atoms with Crippen LogP contribution in [0, 0.1) is 0 Å². The Kier molecular flexibility index (Phi) is 5.33. The average molecular weight is 235 g/mol. The van der Waals surface area contributed by atoms with Crippen molar-refractivity contribution in [1.29, 1.82) is 0 Å². The molecule has 0 unspecified atom stereocenters. The van der Waals surface area contributed by atoms with E-state index < -0.39 is 0 Å².